The van der Waals surface area contributed by atoms with Gasteiger partial charge in [0.05, 0.1) is 5.75 Å². The second-order valence-electron chi connectivity index (χ2n) is 5.71. The molecule has 0 spiro atoms. The predicted octanol–water partition coefficient (Wildman–Crippen LogP) is 2.37. The zero-order valence-electron chi connectivity index (χ0n) is 12.0. The second kappa shape index (κ2) is 5.78. The standard InChI is InChI=1S/C16H17FN2O2S/c17-14-5-3-4-13(10-14)11-22(20,21)19-12-16(7-8-16)15-6-1-2-9-18-15/h1-6,9-10,19H,7-8,11-12H2. The number of benzene rings is 1. The molecule has 1 fully saturated rings. The summed E-state index contributed by atoms with van der Waals surface area (Å²) < 4.78 is 40.1. The summed E-state index contributed by atoms with van der Waals surface area (Å²) in [5, 5.41) is 0. The third kappa shape index (κ3) is 3.51. The molecule has 0 saturated heterocycles. The first kappa shape index (κ1) is 15.1. The van der Waals surface area contributed by atoms with Crippen molar-refractivity contribution in [3.05, 3.63) is 65.7 Å². The first-order valence-corrected chi connectivity index (χ1v) is 8.78. The van der Waals surface area contributed by atoms with Gasteiger partial charge in [-0.05, 0) is 42.7 Å². The zero-order chi connectivity index (χ0) is 15.6. The van der Waals surface area contributed by atoms with Crippen LogP contribution in [-0.4, -0.2) is 19.9 Å². The van der Waals surface area contributed by atoms with Gasteiger partial charge in [-0.25, -0.2) is 17.5 Å². The number of nitrogens with zero attached hydrogens (tertiary/aromatic N) is 1. The van der Waals surface area contributed by atoms with Gasteiger partial charge in [0.1, 0.15) is 5.82 Å². The normalized spacial score (nSPS) is 16.4. The van der Waals surface area contributed by atoms with E-state index in [1.165, 1.54) is 18.2 Å². The van der Waals surface area contributed by atoms with Gasteiger partial charge in [0.15, 0.2) is 0 Å². The van der Waals surface area contributed by atoms with E-state index < -0.39 is 15.8 Å². The monoisotopic (exact) mass is 320 g/mol. The minimum Gasteiger partial charge on any atom is -0.261 e. The number of hydrogen-bond donors (Lipinski definition) is 1. The molecule has 1 saturated carbocycles. The molecule has 1 N–H and O–H groups in total. The van der Waals surface area contributed by atoms with Crippen LogP contribution in [0.5, 0.6) is 0 Å². The summed E-state index contributed by atoms with van der Waals surface area (Å²) in [6.07, 6.45) is 3.57. The molecular weight excluding hydrogens is 303 g/mol. The number of sulfonamides is 1. The minimum atomic E-state index is -3.50. The Morgan fingerprint density at radius 1 is 1.18 bits per heavy atom. The topological polar surface area (TPSA) is 59.1 Å². The smallest absolute Gasteiger partial charge is 0.215 e. The number of pyridine rings is 1. The third-order valence-electron chi connectivity index (χ3n) is 3.94. The van der Waals surface area contributed by atoms with Gasteiger partial charge in [-0.2, -0.15) is 0 Å². The summed E-state index contributed by atoms with van der Waals surface area (Å²) in [4.78, 5) is 4.32. The zero-order valence-corrected chi connectivity index (χ0v) is 12.8. The average molecular weight is 320 g/mol. The molecule has 1 aromatic heterocycles. The highest BCUT2D eigenvalue weighted by Gasteiger charge is 2.45. The lowest BCUT2D eigenvalue weighted by molar-refractivity contribution is 0.563. The molecule has 0 atom stereocenters. The maximum absolute atomic E-state index is 13.1. The summed E-state index contributed by atoms with van der Waals surface area (Å²) in [5.74, 6) is -0.650. The van der Waals surface area contributed by atoms with Crippen molar-refractivity contribution in [3.63, 3.8) is 0 Å². The number of nitrogens with one attached hydrogen (secondary N) is 1. The van der Waals surface area contributed by atoms with Crippen LogP contribution in [0.2, 0.25) is 0 Å². The fraction of sp³-hybridized carbons (Fsp3) is 0.312. The Balaban J connectivity index is 1.66. The summed E-state index contributed by atoms with van der Waals surface area (Å²) in [6, 6.07) is 11.3. The summed E-state index contributed by atoms with van der Waals surface area (Å²) >= 11 is 0. The lowest BCUT2D eigenvalue weighted by Crippen LogP contribution is -2.33. The Labute approximate surface area is 129 Å². The van der Waals surface area contributed by atoms with Gasteiger partial charge in [-0.3, -0.25) is 4.98 Å². The number of aromatic nitrogens is 1. The van der Waals surface area contributed by atoms with Crippen molar-refractivity contribution in [2.75, 3.05) is 6.54 Å². The number of hydrogen-bond acceptors (Lipinski definition) is 3. The second-order valence-corrected chi connectivity index (χ2v) is 7.51. The SMILES string of the molecule is O=S(=O)(Cc1cccc(F)c1)NCC1(c2ccccn2)CC1. The van der Waals surface area contributed by atoms with Crippen LogP contribution in [0.4, 0.5) is 4.39 Å². The van der Waals surface area contributed by atoms with E-state index in [9.17, 15) is 12.8 Å². The molecule has 0 amide bonds. The molecule has 1 heterocycles. The first-order chi connectivity index (χ1) is 10.5. The van der Waals surface area contributed by atoms with E-state index in [0.717, 1.165) is 18.5 Å². The summed E-state index contributed by atoms with van der Waals surface area (Å²) in [6.45, 7) is 0.335. The Bertz CT molecular complexity index is 759. The van der Waals surface area contributed by atoms with Crippen LogP contribution in [0.15, 0.2) is 48.7 Å². The summed E-state index contributed by atoms with van der Waals surface area (Å²) in [5.41, 5.74) is 1.18. The highest BCUT2D eigenvalue weighted by atomic mass is 32.2. The Hall–Kier alpha value is -1.79. The molecule has 22 heavy (non-hydrogen) atoms. The van der Waals surface area contributed by atoms with Crippen molar-refractivity contribution in [2.24, 2.45) is 0 Å². The van der Waals surface area contributed by atoms with Gasteiger partial charge in [0.2, 0.25) is 10.0 Å². The lowest BCUT2D eigenvalue weighted by atomic mass is 10.0. The molecule has 2 aromatic rings. The molecule has 0 aliphatic heterocycles. The molecule has 0 unspecified atom stereocenters. The van der Waals surface area contributed by atoms with Gasteiger partial charge in [-0.15, -0.1) is 0 Å². The predicted molar refractivity (Wildman–Crippen MR) is 82.2 cm³/mol. The molecule has 116 valence electrons. The van der Waals surface area contributed by atoms with Gasteiger partial charge >= 0.3 is 0 Å². The van der Waals surface area contributed by atoms with Gasteiger partial charge in [-0.1, -0.05) is 18.2 Å². The molecule has 1 aromatic carbocycles. The molecule has 1 aliphatic rings. The van der Waals surface area contributed by atoms with E-state index in [2.05, 4.69) is 9.71 Å². The Morgan fingerprint density at radius 2 is 2.00 bits per heavy atom. The van der Waals surface area contributed by atoms with Crippen molar-refractivity contribution < 1.29 is 12.8 Å². The fourth-order valence-electron chi connectivity index (χ4n) is 2.50. The van der Waals surface area contributed by atoms with Crippen molar-refractivity contribution in [3.8, 4) is 0 Å². The maximum atomic E-state index is 13.1. The molecule has 1 aliphatic carbocycles. The van der Waals surface area contributed by atoms with Crippen molar-refractivity contribution in [2.45, 2.75) is 24.0 Å². The Kier molecular flexibility index (Phi) is 3.97. The average Bonchev–Trinajstić information content (AvgIpc) is 3.27. The van der Waals surface area contributed by atoms with Gasteiger partial charge in [0, 0.05) is 23.9 Å². The van der Waals surface area contributed by atoms with Gasteiger partial charge < -0.3 is 0 Å². The van der Waals surface area contributed by atoms with Crippen LogP contribution in [-0.2, 0) is 21.2 Å². The third-order valence-corrected chi connectivity index (χ3v) is 5.24. The van der Waals surface area contributed by atoms with Crippen molar-refractivity contribution in [1.82, 2.24) is 9.71 Å². The molecule has 0 bridgehead atoms. The Morgan fingerprint density at radius 3 is 2.64 bits per heavy atom. The molecule has 6 heteroatoms. The van der Waals surface area contributed by atoms with Gasteiger partial charge in [0.25, 0.3) is 0 Å². The van der Waals surface area contributed by atoms with Crippen LogP contribution in [0.3, 0.4) is 0 Å². The van der Waals surface area contributed by atoms with E-state index >= 15 is 0 Å². The number of halogens is 1. The highest BCUT2D eigenvalue weighted by Crippen LogP contribution is 2.46. The highest BCUT2D eigenvalue weighted by molar-refractivity contribution is 7.88. The fourth-order valence-corrected chi connectivity index (χ4v) is 3.71. The molecule has 4 nitrogen and oxygen atoms in total. The van der Waals surface area contributed by atoms with E-state index in [-0.39, 0.29) is 11.2 Å². The summed E-state index contributed by atoms with van der Waals surface area (Å²) in [7, 11) is -3.50. The van der Waals surface area contributed by atoms with E-state index in [1.54, 1.807) is 12.3 Å². The molecular formula is C16H17FN2O2S. The van der Waals surface area contributed by atoms with E-state index in [4.69, 9.17) is 0 Å². The molecule has 0 radical (unpaired) electrons. The number of rotatable bonds is 6. The maximum Gasteiger partial charge on any atom is 0.215 e. The van der Waals surface area contributed by atoms with Crippen LogP contribution in [0.1, 0.15) is 24.1 Å². The van der Waals surface area contributed by atoms with Crippen LogP contribution >= 0.6 is 0 Å². The largest absolute Gasteiger partial charge is 0.261 e. The van der Waals surface area contributed by atoms with E-state index in [0.29, 0.717) is 12.1 Å². The molecule has 3 rings (SSSR count). The van der Waals surface area contributed by atoms with Crippen molar-refractivity contribution in [1.29, 1.82) is 0 Å². The lowest BCUT2D eigenvalue weighted by Gasteiger charge is -2.15. The van der Waals surface area contributed by atoms with Crippen LogP contribution < -0.4 is 4.72 Å². The minimum absolute atomic E-state index is 0.184. The first-order valence-electron chi connectivity index (χ1n) is 7.12. The van der Waals surface area contributed by atoms with Crippen molar-refractivity contribution >= 4 is 10.0 Å². The van der Waals surface area contributed by atoms with E-state index in [1.807, 2.05) is 18.2 Å². The van der Waals surface area contributed by atoms with Crippen LogP contribution in [0.25, 0.3) is 0 Å². The quantitative estimate of drug-likeness (QED) is 0.889. The van der Waals surface area contributed by atoms with Crippen LogP contribution in [0, 0.1) is 5.82 Å².